The number of aryl methyl sites for hydroxylation is 1. The van der Waals surface area contributed by atoms with Gasteiger partial charge in [-0.1, -0.05) is 69.5 Å². The zero-order chi connectivity index (χ0) is 32.7. The first-order valence-electron chi connectivity index (χ1n) is 18.5. The van der Waals surface area contributed by atoms with Crippen LogP contribution in [0.25, 0.3) is 0 Å². The predicted molar refractivity (Wildman–Crippen MR) is 183 cm³/mol. The lowest BCUT2D eigenvalue weighted by atomic mass is 9.51. The third-order valence-corrected chi connectivity index (χ3v) is 12.0. The molecule has 2 unspecified atom stereocenters. The van der Waals surface area contributed by atoms with E-state index in [0.717, 1.165) is 83.2 Å². The minimum atomic E-state index is -0.339. The van der Waals surface area contributed by atoms with Crippen molar-refractivity contribution >= 4 is 11.9 Å². The molecule has 7 atom stereocenters. The minimum Gasteiger partial charge on any atom is -0.483 e. The largest absolute Gasteiger partial charge is 0.483 e. The molecule has 1 amide bonds. The van der Waals surface area contributed by atoms with Gasteiger partial charge in [0.1, 0.15) is 6.10 Å². The number of aliphatic hydroxyl groups is 1. The van der Waals surface area contributed by atoms with Crippen LogP contribution in [0.5, 0.6) is 11.5 Å². The van der Waals surface area contributed by atoms with Crippen LogP contribution in [0.2, 0.25) is 0 Å². The number of ether oxygens (including phenoxy) is 2. The number of benzene rings is 2. The monoisotopic (exact) mass is 642 g/mol. The van der Waals surface area contributed by atoms with E-state index in [0.29, 0.717) is 36.0 Å². The highest BCUT2D eigenvalue weighted by Crippen LogP contribution is 2.64. The van der Waals surface area contributed by atoms with Crippen LogP contribution in [-0.4, -0.2) is 70.7 Å². The molecule has 2 heterocycles. The molecule has 2 saturated carbocycles. The number of amides is 1. The Hall–Kier alpha value is -2.90. The number of carbonyl (C=O) groups is 2. The van der Waals surface area contributed by atoms with E-state index in [9.17, 15) is 14.7 Å². The molecule has 2 aromatic rings. The molecule has 5 aliphatic rings. The lowest BCUT2D eigenvalue weighted by Crippen LogP contribution is -2.69. The van der Waals surface area contributed by atoms with Gasteiger partial charge in [-0.05, 0) is 86.9 Å². The van der Waals surface area contributed by atoms with Gasteiger partial charge in [-0.3, -0.25) is 14.5 Å². The maximum atomic E-state index is 14.1. The van der Waals surface area contributed by atoms with Gasteiger partial charge in [-0.15, -0.1) is 0 Å². The molecule has 1 spiro atoms. The van der Waals surface area contributed by atoms with Crippen molar-refractivity contribution in [1.82, 2.24) is 9.80 Å². The summed E-state index contributed by atoms with van der Waals surface area (Å²) in [6.07, 6.45) is 11.8. The normalized spacial score (nSPS) is 30.1. The van der Waals surface area contributed by atoms with E-state index in [-0.39, 0.29) is 35.5 Å². The molecule has 2 bridgehead atoms. The Balaban J connectivity index is 1.09. The Kier molecular flexibility index (Phi) is 9.41. The van der Waals surface area contributed by atoms with Gasteiger partial charge in [-0.25, -0.2) is 0 Å². The van der Waals surface area contributed by atoms with Crippen molar-refractivity contribution in [3.8, 4) is 11.5 Å². The smallest absolute Gasteiger partial charge is 0.308 e. The van der Waals surface area contributed by atoms with E-state index in [1.807, 2.05) is 6.07 Å². The number of piperidine rings is 1. The topological polar surface area (TPSA) is 79.3 Å². The number of likely N-dealkylation sites (tertiary alicyclic amines) is 1. The van der Waals surface area contributed by atoms with Crippen molar-refractivity contribution in [2.45, 2.75) is 128 Å². The second kappa shape index (κ2) is 13.5. The number of esters is 1. The summed E-state index contributed by atoms with van der Waals surface area (Å²) in [5.41, 5.74) is 3.77. The molecule has 7 heteroatoms. The highest BCUT2D eigenvalue weighted by Gasteiger charge is 2.67. The Labute approximate surface area is 281 Å². The molecule has 2 aliphatic heterocycles. The summed E-state index contributed by atoms with van der Waals surface area (Å²) in [5, 5.41) is 10.2. The summed E-state index contributed by atoms with van der Waals surface area (Å²) in [7, 11) is 0. The van der Waals surface area contributed by atoms with Gasteiger partial charge in [0.25, 0.3) is 0 Å². The Morgan fingerprint density at radius 1 is 1.06 bits per heavy atom. The average molecular weight is 643 g/mol. The molecular weight excluding hydrogens is 588 g/mol. The van der Waals surface area contributed by atoms with E-state index in [1.165, 1.54) is 36.5 Å². The van der Waals surface area contributed by atoms with Crippen LogP contribution >= 0.6 is 0 Å². The molecule has 254 valence electrons. The number of rotatable bonds is 14. The van der Waals surface area contributed by atoms with Crippen LogP contribution in [0.1, 0.15) is 102 Å². The van der Waals surface area contributed by atoms with Gasteiger partial charge in [0.15, 0.2) is 11.5 Å². The first-order valence-corrected chi connectivity index (χ1v) is 18.5. The third kappa shape index (κ3) is 6.35. The summed E-state index contributed by atoms with van der Waals surface area (Å²) in [5.74, 6) is 2.35. The van der Waals surface area contributed by atoms with Crippen LogP contribution < -0.4 is 9.47 Å². The van der Waals surface area contributed by atoms with Gasteiger partial charge in [0.2, 0.25) is 5.91 Å². The maximum Gasteiger partial charge on any atom is 0.308 e. The zero-order valence-corrected chi connectivity index (χ0v) is 28.7. The highest BCUT2D eigenvalue weighted by atomic mass is 16.6. The van der Waals surface area contributed by atoms with Crippen molar-refractivity contribution in [1.29, 1.82) is 0 Å². The first kappa shape index (κ1) is 32.6. The fourth-order valence-electron chi connectivity index (χ4n) is 9.84. The number of aliphatic hydroxyl groups excluding tert-OH is 1. The van der Waals surface area contributed by atoms with Gasteiger partial charge < -0.3 is 19.5 Å². The summed E-state index contributed by atoms with van der Waals surface area (Å²) < 4.78 is 12.8. The average Bonchev–Trinajstić information content (AvgIpc) is 3.63. The van der Waals surface area contributed by atoms with Crippen molar-refractivity contribution in [3.63, 3.8) is 0 Å². The number of unbranched alkanes of at least 4 members (excludes halogenated alkanes) is 4. The van der Waals surface area contributed by atoms with Crippen LogP contribution in [0.3, 0.4) is 0 Å². The predicted octanol–water partition coefficient (Wildman–Crippen LogP) is 6.47. The number of hydrogen-bond donors (Lipinski definition) is 1. The molecule has 7 nitrogen and oxygen atoms in total. The molecule has 47 heavy (non-hydrogen) atoms. The first-order chi connectivity index (χ1) is 22.8. The molecule has 7 rings (SSSR count). The number of nitrogens with zero attached hydrogens (tertiary/aromatic N) is 2. The van der Waals surface area contributed by atoms with E-state index >= 15 is 0 Å². The second-order valence-electron chi connectivity index (χ2n) is 15.6. The second-order valence-corrected chi connectivity index (χ2v) is 15.6. The summed E-state index contributed by atoms with van der Waals surface area (Å²) >= 11 is 0. The fourth-order valence-corrected chi connectivity index (χ4v) is 9.84. The molecule has 3 fully saturated rings. The molecule has 1 saturated heterocycles. The third-order valence-electron chi connectivity index (χ3n) is 12.0. The van der Waals surface area contributed by atoms with Gasteiger partial charge in [0.05, 0.1) is 12.1 Å². The SMILES string of the molecule is CC(=O)Oc1ccc2c3c1O[C@H]1[C@H](N(CC(C)C)C(=O)CCCCCCCc4ccccc4)CC[C@H]4[C@@H](C2)N(CC2CC2O)CC[C@@]341. The Morgan fingerprint density at radius 2 is 1.83 bits per heavy atom. The van der Waals surface area contributed by atoms with Crippen molar-refractivity contribution in [2.24, 2.45) is 17.8 Å². The molecular formula is C40H54N2O5. The summed E-state index contributed by atoms with van der Waals surface area (Å²) in [4.78, 5) is 31.2. The van der Waals surface area contributed by atoms with Crippen LogP contribution in [-0.2, 0) is 27.8 Å². The molecule has 0 aromatic heterocycles. The van der Waals surface area contributed by atoms with Crippen LogP contribution in [0.15, 0.2) is 42.5 Å². The molecule has 0 radical (unpaired) electrons. The van der Waals surface area contributed by atoms with E-state index in [4.69, 9.17) is 9.47 Å². The minimum absolute atomic E-state index is 0.00648. The van der Waals surface area contributed by atoms with Crippen molar-refractivity contribution in [3.05, 3.63) is 59.2 Å². The Bertz CT molecular complexity index is 1440. The summed E-state index contributed by atoms with van der Waals surface area (Å²) in [6.45, 7) is 8.53. The van der Waals surface area contributed by atoms with E-state index < -0.39 is 0 Å². The van der Waals surface area contributed by atoms with Crippen molar-refractivity contribution in [2.75, 3.05) is 19.6 Å². The van der Waals surface area contributed by atoms with E-state index in [1.54, 1.807) is 0 Å². The lowest BCUT2D eigenvalue weighted by molar-refractivity contribution is -0.143. The summed E-state index contributed by atoms with van der Waals surface area (Å²) in [6, 6.07) is 15.2. The lowest BCUT2D eigenvalue weighted by Gasteiger charge is -2.60. The van der Waals surface area contributed by atoms with E-state index in [2.05, 4.69) is 60.0 Å². The maximum absolute atomic E-state index is 14.1. The molecule has 1 N–H and O–H groups in total. The molecule has 2 aromatic carbocycles. The Morgan fingerprint density at radius 3 is 2.57 bits per heavy atom. The quantitative estimate of drug-likeness (QED) is 0.145. The van der Waals surface area contributed by atoms with Gasteiger partial charge in [-0.2, -0.15) is 0 Å². The van der Waals surface area contributed by atoms with Crippen LogP contribution in [0, 0.1) is 17.8 Å². The van der Waals surface area contributed by atoms with Crippen LogP contribution in [0.4, 0.5) is 0 Å². The fraction of sp³-hybridized carbons (Fsp3) is 0.650. The molecule has 3 aliphatic carbocycles. The number of carbonyl (C=O) groups excluding carboxylic acids is 2. The standard InChI is InChI=1S/C40H54N2O5/c1-26(2)24-42(36(45)15-11-6-4-5-8-12-28-13-9-7-10-14-28)32-18-17-31-33-22-29-16-19-35(46-27(3)43)38-37(29)40(31,39(32)47-38)20-21-41(33)25-30-23-34(30)44/h7,9-10,13-14,16,19,26,30-34,39,44H,4-6,8,11-12,15,17-18,20-25H2,1-3H3/t30?,31-,32+,33+,34?,39-,40-/m0/s1. The number of hydrogen-bond acceptors (Lipinski definition) is 6. The van der Waals surface area contributed by atoms with Gasteiger partial charge in [0, 0.05) is 49.4 Å². The van der Waals surface area contributed by atoms with Gasteiger partial charge >= 0.3 is 5.97 Å². The zero-order valence-electron chi connectivity index (χ0n) is 28.7. The highest BCUT2D eigenvalue weighted by molar-refractivity contribution is 5.77. The van der Waals surface area contributed by atoms with Crippen molar-refractivity contribution < 1.29 is 24.2 Å².